The van der Waals surface area contributed by atoms with E-state index < -0.39 is 19.8 Å². The van der Waals surface area contributed by atoms with Gasteiger partial charge in [-0.25, -0.2) is 12.2 Å². The summed E-state index contributed by atoms with van der Waals surface area (Å²) in [4.78, 5) is 7.09. The van der Waals surface area contributed by atoms with E-state index in [4.69, 9.17) is 0 Å². The van der Waals surface area contributed by atoms with Crippen molar-refractivity contribution in [3.63, 3.8) is 0 Å². The standard InChI is InChI=1S/3C7H7.C5H5.3CH3.Sn.Zr/c3*1-7-5-3-2-4-6-7;1-2-4-5-3-1;;;;;/h3*2-6H,1H2;1-3H,4H2;3*1H3;;/q4*-1;;;;;+4. The van der Waals surface area contributed by atoms with Crippen LogP contribution in [0.2, 0.25) is 14.8 Å². The van der Waals surface area contributed by atoms with Crippen molar-refractivity contribution in [2.75, 3.05) is 0 Å². The third-order valence-corrected chi connectivity index (χ3v) is 3.11. The second kappa shape index (κ2) is 23.1. The molecule has 4 rings (SSSR count). The van der Waals surface area contributed by atoms with E-state index in [2.05, 4.69) is 47.7 Å². The second-order valence-electron chi connectivity index (χ2n) is 6.96. The number of rotatable bonds is 0. The van der Waals surface area contributed by atoms with Gasteiger partial charge in [-0.2, -0.15) is 79.9 Å². The summed E-state index contributed by atoms with van der Waals surface area (Å²) in [5, 5.41) is 0. The van der Waals surface area contributed by atoms with Gasteiger partial charge in [0.25, 0.3) is 0 Å². The third-order valence-electron chi connectivity index (χ3n) is 3.11. The molecule has 0 spiro atoms. The van der Waals surface area contributed by atoms with Gasteiger partial charge in [0.1, 0.15) is 0 Å². The van der Waals surface area contributed by atoms with E-state index in [1.807, 2.05) is 103 Å². The summed E-state index contributed by atoms with van der Waals surface area (Å²) >= 11 is -0.543. The van der Waals surface area contributed by atoms with E-state index in [9.17, 15) is 0 Å². The molecule has 1 aliphatic rings. The van der Waals surface area contributed by atoms with Crippen LogP contribution in [0.1, 0.15) is 23.1 Å². The molecule has 0 unspecified atom stereocenters. The molecule has 0 nitrogen and oxygen atoms in total. The van der Waals surface area contributed by atoms with Crippen LogP contribution < -0.4 is 0 Å². The molecule has 159 valence electrons. The maximum absolute atomic E-state index is 3.72. The number of benzene rings is 3. The average molecular weight is 594 g/mol. The van der Waals surface area contributed by atoms with Crippen LogP contribution in [0.25, 0.3) is 0 Å². The predicted molar refractivity (Wildman–Crippen MR) is 138 cm³/mol. The molecular weight excluding hydrogens is 558 g/mol. The van der Waals surface area contributed by atoms with Gasteiger partial charge in [0.2, 0.25) is 0 Å². The van der Waals surface area contributed by atoms with Crippen LogP contribution >= 0.6 is 0 Å². The monoisotopic (exact) mass is 593 g/mol. The van der Waals surface area contributed by atoms with Crippen molar-refractivity contribution in [3.05, 3.63) is 153 Å². The largest absolute Gasteiger partial charge is 4.00 e. The Bertz CT molecular complexity index is 677. The van der Waals surface area contributed by atoms with Crippen LogP contribution in [-0.2, 0) is 26.2 Å². The summed E-state index contributed by atoms with van der Waals surface area (Å²) in [5.41, 5.74) is 3.22. The normalized spacial score (nSPS) is 9.81. The maximum atomic E-state index is 3.72. The molecule has 2 heteroatoms. The summed E-state index contributed by atoms with van der Waals surface area (Å²) in [5.74, 6) is 0. The third kappa shape index (κ3) is 26.4. The fourth-order valence-electron chi connectivity index (χ4n) is 1.77. The number of hydrogen-bond acceptors (Lipinski definition) is 0. The van der Waals surface area contributed by atoms with Crippen molar-refractivity contribution in [2.24, 2.45) is 0 Å². The molecule has 0 bridgehead atoms. The van der Waals surface area contributed by atoms with Gasteiger partial charge < -0.3 is 0 Å². The maximum Gasteiger partial charge on any atom is 4.00 e. The van der Waals surface area contributed by atoms with E-state index in [1.54, 1.807) is 0 Å². The Balaban J connectivity index is 0. The van der Waals surface area contributed by atoms with Gasteiger partial charge in [-0.3, -0.25) is 6.08 Å². The predicted octanol–water partition coefficient (Wildman–Crippen LogP) is 8.28. The van der Waals surface area contributed by atoms with E-state index in [1.165, 1.54) is 0 Å². The molecule has 1 radical (unpaired) electrons. The Morgan fingerprint density at radius 2 is 0.903 bits per heavy atom. The van der Waals surface area contributed by atoms with Crippen molar-refractivity contribution in [3.8, 4) is 0 Å². The number of allylic oxidation sites excluding steroid dienone is 4. The summed E-state index contributed by atoms with van der Waals surface area (Å²) in [6.07, 6.45) is 10.0. The molecule has 0 saturated carbocycles. The molecule has 0 atom stereocenters. The van der Waals surface area contributed by atoms with E-state index in [0.717, 1.165) is 23.1 Å². The molecule has 3 aromatic carbocycles. The van der Waals surface area contributed by atoms with Gasteiger partial charge in [-0.1, -0.05) is 18.2 Å². The first-order chi connectivity index (χ1) is 14.4. The van der Waals surface area contributed by atoms with E-state index >= 15 is 0 Å². The first-order valence-electron chi connectivity index (χ1n) is 10.0. The Morgan fingerprint density at radius 1 is 0.613 bits per heavy atom. The van der Waals surface area contributed by atoms with Gasteiger partial charge in [-0.15, -0.1) is 42.8 Å². The topological polar surface area (TPSA) is 0 Å². The second-order valence-corrected chi connectivity index (χ2v) is 15.5. The first kappa shape index (κ1) is 31.6. The zero-order chi connectivity index (χ0) is 22.5. The SMILES string of the molecule is [C-]1=CC=CC1.[CH2-]c1ccccc1.[CH2-]c1ccccc1.[CH2-]c1ccccc1.[CH3][Sn]([CH3])[CH3].[Zr+4]. The van der Waals surface area contributed by atoms with Crippen LogP contribution in [0.15, 0.2) is 109 Å². The van der Waals surface area contributed by atoms with Crippen LogP contribution in [0.5, 0.6) is 0 Å². The van der Waals surface area contributed by atoms with E-state index in [0.29, 0.717) is 0 Å². The Morgan fingerprint density at radius 3 is 1.00 bits per heavy atom. The van der Waals surface area contributed by atoms with Gasteiger partial charge >= 0.3 is 60.8 Å². The molecule has 0 aliphatic heterocycles. The van der Waals surface area contributed by atoms with Crippen molar-refractivity contribution in [1.29, 1.82) is 0 Å². The molecule has 3 aromatic rings. The number of hydrogen-bond donors (Lipinski definition) is 0. The van der Waals surface area contributed by atoms with E-state index in [-0.39, 0.29) is 26.2 Å². The molecule has 0 aromatic heterocycles. The molecule has 0 heterocycles. The Hall–Kier alpha value is -1.57. The van der Waals surface area contributed by atoms with Crippen LogP contribution in [0.3, 0.4) is 0 Å². The molecule has 0 N–H and O–H groups in total. The fraction of sp³-hybridized carbons (Fsp3) is 0.138. The molecule has 1 aliphatic carbocycles. The molecule has 31 heavy (non-hydrogen) atoms. The summed E-state index contributed by atoms with van der Waals surface area (Å²) < 4.78 is 0. The summed E-state index contributed by atoms with van der Waals surface area (Å²) in [7, 11) is 0. The van der Waals surface area contributed by atoms with Gasteiger partial charge in [0.05, 0.1) is 0 Å². The Kier molecular flexibility index (Phi) is 23.6. The fourth-order valence-corrected chi connectivity index (χ4v) is 1.77. The minimum absolute atomic E-state index is 0. The quantitative estimate of drug-likeness (QED) is 0.182. The molecular formula is C29H35SnZr. The van der Waals surface area contributed by atoms with Crippen molar-refractivity contribution in [1.82, 2.24) is 0 Å². The van der Waals surface area contributed by atoms with Gasteiger partial charge in [-0.05, 0) is 0 Å². The van der Waals surface area contributed by atoms with Crippen molar-refractivity contribution < 1.29 is 26.2 Å². The van der Waals surface area contributed by atoms with Gasteiger partial charge in [0.15, 0.2) is 0 Å². The Labute approximate surface area is 218 Å². The van der Waals surface area contributed by atoms with Crippen LogP contribution in [0.4, 0.5) is 0 Å². The van der Waals surface area contributed by atoms with Crippen molar-refractivity contribution >= 4 is 19.8 Å². The molecule has 0 fully saturated rings. The van der Waals surface area contributed by atoms with Crippen LogP contribution in [0, 0.1) is 26.8 Å². The molecule has 0 saturated heterocycles. The summed E-state index contributed by atoms with van der Waals surface area (Å²) in [6, 6.07) is 29.6. The smallest absolute Gasteiger partial charge is 4.00 e. The minimum Gasteiger partial charge on any atom is 4.00 e. The first-order valence-corrected chi connectivity index (χ1v) is 18.6. The van der Waals surface area contributed by atoms with Crippen molar-refractivity contribution in [2.45, 2.75) is 21.2 Å². The van der Waals surface area contributed by atoms with Gasteiger partial charge in [0, 0.05) is 0 Å². The minimum atomic E-state index is -0.543. The zero-order valence-electron chi connectivity index (χ0n) is 19.2. The molecule has 0 amide bonds. The van der Waals surface area contributed by atoms with Crippen LogP contribution in [-0.4, -0.2) is 19.8 Å². The summed E-state index contributed by atoms with van der Waals surface area (Å²) in [6.45, 7) is 11.2. The average Bonchev–Trinajstić information content (AvgIpc) is 3.31. The zero-order valence-corrected chi connectivity index (χ0v) is 24.5.